The van der Waals surface area contributed by atoms with Gasteiger partial charge in [0.1, 0.15) is 12.4 Å². The van der Waals surface area contributed by atoms with Gasteiger partial charge in [-0.1, -0.05) is 11.8 Å². The van der Waals surface area contributed by atoms with E-state index in [2.05, 4.69) is 11.8 Å². The molecule has 1 aliphatic rings. The molecule has 0 atom stereocenters. The lowest BCUT2D eigenvalue weighted by atomic mass is 10.1. The van der Waals surface area contributed by atoms with E-state index in [1.165, 1.54) is 25.7 Å². The van der Waals surface area contributed by atoms with Crippen molar-refractivity contribution in [3.05, 3.63) is 29.3 Å². The average molecular weight is 230 g/mol. The summed E-state index contributed by atoms with van der Waals surface area (Å²) in [4.78, 5) is 0. The van der Waals surface area contributed by atoms with Gasteiger partial charge in [-0.2, -0.15) is 0 Å². The molecule has 1 aliphatic carbocycles. The first-order chi connectivity index (χ1) is 8.29. The van der Waals surface area contributed by atoms with E-state index in [4.69, 9.17) is 9.84 Å². The molecule has 0 unspecified atom stereocenters. The predicted molar refractivity (Wildman–Crippen MR) is 68.0 cm³/mol. The Morgan fingerprint density at radius 1 is 1.35 bits per heavy atom. The Kier molecular flexibility index (Phi) is 4.06. The molecule has 2 nitrogen and oxygen atoms in total. The third-order valence-corrected chi connectivity index (χ3v) is 3.10. The largest absolute Gasteiger partial charge is 0.490 e. The number of hydrogen-bond donors (Lipinski definition) is 1. The second kappa shape index (κ2) is 5.75. The van der Waals surface area contributed by atoms with Crippen molar-refractivity contribution >= 4 is 0 Å². The molecule has 1 N–H and O–H groups in total. The minimum atomic E-state index is -0.0975. The van der Waals surface area contributed by atoms with Crippen LogP contribution in [0.2, 0.25) is 0 Å². The second-order valence-electron chi connectivity index (χ2n) is 4.46. The molecule has 0 radical (unpaired) electrons. The van der Waals surface area contributed by atoms with Gasteiger partial charge in [-0.25, -0.2) is 0 Å². The maximum atomic E-state index is 8.66. The molecule has 1 fully saturated rings. The molecule has 1 aromatic carbocycles. The Bertz CT molecular complexity index is 434. The Hall–Kier alpha value is -1.46. The molecule has 0 spiro atoms. The maximum Gasteiger partial charge on any atom is 0.120 e. The number of aliphatic hydroxyl groups is 1. The van der Waals surface area contributed by atoms with Crippen LogP contribution >= 0.6 is 0 Å². The molecule has 0 saturated heterocycles. The van der Waals surface area contributed by atoms with Crippen LogP contribution in [-0.2, 0) is 0 Å². The summed E-state index contributed by atoms with van der Waals surface area (Å²) in [5.41, 5.74) is 2.05. The summed E-state index contributed by atoms with van der Waals surface area (Å²) in [7, 11) is 0. The summed E-state index contributed by atoms with van der Waals surface area (Å²) in [6.45, 7) is 1.92. The number of aryl methyl sites for hydroxylation is 1. The molecule has 0 aliphatic heterocycles. The van der Waals surface area contributed by atoms with Crippen molar-refractivity contribution in [1.29, 1.82) is 0 Å². The summed E-state index contributed by atoms with van der Waals surface area (Å²) < 4.78 is 5.92. The predicted octanol–water partition coefficient (Wildman–Crippen LogP) is 2.66. The van der Waals surface area contributed by atoms with Crippen molar-refractivity contribution < 1.29 is 9.84 Å². The highest BCUT2D eigenvalue weighted by Crippen LogP contribution is 2.25. The smallest absolute Gasteiger partial charge is 0.120 e. The Morgan fingerprint density at radius 2 is 2.12 bits per heavy atom. The van der Waals surface area contributed by atoms with Crippen LogP contribution in [0.3, 0.4) is 0 Å². The summed E-state index contributed by atoms with van der Waals surface area (Å²) in [6.07, 6.45) is 5.30. The normalized spacial score (nSPS) is 15.4. The Labute approximate surface area is 103 Å². The van der Waals surface area contributed by atoms with Crippen molar-refractivity contribution in [1.82, 2.24) is 0 Å². The van der Waals surface area contributed by atoms with E-state index in [1.54, 1.807) is 0 Å². The minimum Gasteiger partial charge on any atom is -0.490 e. The van der Waals surface area contributed by atoms with Crippen LogP contribution in [0, 0.1) is 18.8 Å². The van der Waals surface area contributed by atoms with Crippen molar-refractivity contribution in [2.24, 2.45) is 0 Å². The third kappa shape index (κ3) is 3.25. The molecule has 1 aromatic rings. The summed E-state index contributed by atoms with van der Waals surface area (Å²) in [5, 5.41) is 8.66. The van der Waals surface area contributed by atoms with Crippen molar-refractivity contribution in [3.63, 3.8) is 0 Å². The lowest BCUT2D eigenvalue weighted by Crippen LogP contribution is -2.10. The number of aliphatic hydroxyl groups excluding tert-OH is 1. The maximum absolute atomic E-state index is 8.66. The van der Waals surface area contributed by atoms with Gasteiger partial charge in [0.15, 0.2) is 0 Å². The van der Waals surface area contributed by atoms with E-state index in [0.29, 0.717) is 6.10 Å². The van der Waals surface area contributed by atoms with Crippen LogP contribution in [0.1, 0.15) is 36.8 Å². The first-order valence-corrected chi connectivity index (χ1v) is 6.16. The van der Waals surface area contributed by atoms with Gasteiger partial charge in [0, 0.05) is 5.56 Å². The van der Waals surface area contributed by atoms with Crippen LogP contribution in [0.4, 0.5) is 0 Å². The fourth-order valence-electron chi connectivity index (χ4n) is 2.18. The molecular formula is C15H18O2. The number of benzene rings is 1. The van der Waals surface area contributed by atoms with E-state index in [1.807, 2.05) is 25.1 Å². The van der Waals surface area contributed by atoms with Crippen LogP contribution in [0.15, 0.2) is 18.2 Å². The molecule has 0 heterocycles. The third-order valence-electron chi connectivity index (χ3n) is 3.10. The minimum absolute atomic E-state index is 0.0975. The highest BCUT2D eigenvalue weighted by molar-refractivity contribution is 5.44. The average Bonchev–Trinajstić information content (AvgIpc) is 2.81. The molecule has 0 bridgehead atoms. The highest BCUT2D eigenvalue weighted by atomic mass is 16.5. The quantitative estimate of drug-likeness (QED) is 0.791. The van der Waals surface area contributed by atoms with Crippen molar-refractivity contribution in [3.8, 4) is 17.6 Å². The highest BCUT2D eigenvalue weighted by Gasteiger charge is 2.16. The van der Waals surface area contributed by atoms with Gasteiger partial charge in [0.05, 0.1) is 6.10 Å². The van der Waals surface area contributed by atoms with Gasteiger partial charge in [-0.05, 0) is 56.4 Å². The molecule has 2 rings (SSSR count). The van der Waals surface area contributed by atoms with Crippen LogP contribution in [0.25, 0.3) is 0 Å². The summed E-state index contributed by atoms with van der Waals surface area (Å²) in [5.74, 6) is 6.52. The van der Waals surface area contributed by atoms with E-state index in [-0.39, 0.29) is 6.61 Å². The topological polar surface area (TPSA) is 29.5 Å². The molecule has 0 amide bonds. The lowest BCUT2D eigenvalue weighted by Gasteiger charge is -2.13. The van der Waals surface area contributed by atoms with E-state index >= 15 is 0 Å². The fourth-order valence-corrected chi connectivity index (χ4v) is 2.18. The van der Waals surface area contributed by atoms with Gasteiger partial charge >= 0.3 is 0 Å². The standard InChI is InChI=1S/C15H18O2/c1-12-11-15(17-14-6-2-3-7-14)9-8-13(12)5-4-10-16/h8-9,11,14,16H,2-3,6-7,10H2,1H3. The van der Waals surface area contributed by atoms with Crippen LogP contribution < -0.4 is 4.74 Å². The van der Waals surface area contributed by atoms with Gasteiger partial charge in [0.2, 0.25) is 0 Å². The fraction of sp³-hybridized carbons (Fsp3) is 0.467. The van der Waals surface area contributed by atoms with Crippen molar-refractivity contribution in [2.45, 2.75) is 38.7 Å². The molecule has 17 heavy (non-hydrogen) atoms. The zero-order valence-electron chi connectivity index (χ0n) is 10.2. The Morgan fingerprint density at radius 3 is 2.76 bits per heavy atom. The number of rotatable bonds is 2. The van der Waals surface area contributed by atoms with E-state index in [0.717, 1.165) is 16.9 Å². The summed E-state index contributed by atoms with van der Waals surface area (Å²) >= 11 is 0. The first kappa shape index (κ1) is 12.0. The van der Waals surface area contributed by atoms with Crippen molar-refractivity contribution in [2.75, 3.05) is 6.61 Å². The molecule has 1 saturated carbocycles. The second-order valence-corrected chi connectivity index (χ2v) is 4.46. The SMILES string of the molecule is Cc1cc(OC2CCCC2)ccc1C#CCO. The van der Waals surface area contributed by atoms with Gasteiger partial charge in [-0.3, -0.25) is 0 Å². The zero-order valence-corrected chi connectivity index (χ0v) is 10.2. The molecule has 2 heteroatoms. The number of ether oxygens (including phenoxy) is 1. The van der Waals surface area contributed by atoms with Gasteiger partial charge in [0.25, 0.3) is 0 Å². The lowest BCUT2D eigenvalue weighted by molar-refractivity contribution is 0.210. The number of hydrogen-bond acceptors (Lipinski definition) is 2. The van der Waals surface area contributed by atoms with Gasteiger partial charge < -0.3 is 9.84 Å². The molecular weight excluding hydrogens is 212 g/mol. The van der Waals surface area contributed by atoms with Crippen LogP contribution in [0.5, 0.6) is 5.75 Å². The monoisotopic (exact) mass is 230 g/mol. The zero-order chi connectivity index (χ0) is 12.1. The molecule has 0 aromatic heterocycles. The summed E-state index contributed by atoms with van der Waals surface area (Å²) in [6, 6.07) is 5.95. The molecule has 90 valence electrons. The van der Waals surface area contributed by atoms with Gasteiger partial charge in [-0.15, -0.1) is 0 Å². The Balaban J connectivity index is 2.07. The van der Waals surface area contributed by atoms with Crippen LogP contribution in [-0.4, -0.2) is 17.8 Å². The first-order valence-electron chi connectivity index (χ1n) is 6.16. The van der Waals surface area contributed by atoms with E-state index in [9.17, 15) is 0 Å². The van der Waals surface area contributed by atoms with E-state index < -0.39 is 0 Å².